The van der Waals surface area contributed by atoms with Crippen LogP contribution in [0.15, 0.2) is 53.4 Å². The summed E-state index contributed by atoms with van der Waals surface area (Å²) in [5.74, 6) is -1.71. The van der Waals surface area contributed by atoms with Gasteiger partial charge in [0.25, 0.3) is 5.91 Å². The average Bonchev–Trinajstić information content (AvgIpc) is 3.02. The third-order valence-corrected chi connectivity index (χ3v) is 5.90. The van der Waals surface area contributed by atoms with Gasteiger partial charge in [0.1, 0.15) is 5.82 Å². The Balaban J connectivity index is 1.69. The van der Waals surface area contributed by atoms with E-state index in [0.717, 1.165) is 5.69 Å². The highest BCUT2D eigenvalue weighted by atomic mass is 32.2. The van der Waals surface area contributed by atoms with Gasteiger partial charge < -0.3 is 14.6 Å². The summed E-state index contributed by atoms with van der Waals surface area (Å²) in [6.45, 7) is 4.52. The van der Waals surface area contributed by atoms with Crippen LogP contribution in [0.5, 0.6) is 0 Å². The summed E-state index contributed by atoms with van der Waals surface area (Å²) in [6, 6.07) is 11.7. The number of primary sulfonamides is 1. The zero-order valence-corrected chi connectivity index (χ0v) is 18.5. The molecule has 2 aromatic carbocycles. The second-order valence-electron chi connectivity index (χ2n) is 7.25. The number of halogens is 1. The third-order valence-electron chi connectivity index (χ3n) is 4.85. The van der Waals surface area contributed by atoms with Gasteiger partial charge in [0, 0.05) is 22.8 Å². The van der Waals surface area contributed by atoms with Gasteiger partial charge in [0.2, 0.25) is 10.0 Å². The fraction of sp³-hybridized carbons (Fsp3) is 0.182. The number of hydrogen-bond acceptors (Lipinski definition) is 5. The van der Waals surface area contributed by atoms with E-state index in [0.29, 0.717) is 16.9 Å². The first-order chi connectivity index (χ1) is 15.0. The van der Waals surface area contributed by atoms with Crippen molar-refractivity contribution in [3.8, 4) is 5.69 Å². The lowest BCUT2D eigenvalue weighted by atomic mass is 10.2. The number of carbonyl (C=O) groups excluding carboxylic acids is 2. The Hall–Kier alpha value is -3.50. The second kappa shape index (κ2) is 8.93. The molecule has 0 radical (unpaired) electrons. The first-order valence-electron chi connectivity index (χ1n) is 9.52. The number of hydrogen-bond donors (Lipinski definition) is 2. The number of benzene rings is 2. The lowest BCUT2D eigenvalue weighted by Crippen LogP contribution is -2.21. The van der Waals surface area contributed by atoms with Gasteiger partial charge in [-0.15, -0.1) is 0 Å². The van der Waals surface area contributed by atoms with Crippen molar-refractivity contribution in [1.29, 1.82) is 0 Å². The molecule has 3 aromatic rings. The standard InChI is InChI=1S/C22H22FN3O5S/c1-13-4-7-17(11-20(13)32(24,29)30)25-21(27)12-31-22(28)19-10-14(2)26(15(19)3)18-8-5-16(23)6-9-18/h4-11H,12H2,1-3H3,(H,25,27)(H2,24,29,30). The van der Waals surface area contributed by atoms with Crippen LogP contribution in [0.2, 0.25) is 0 Å². The molecule has 1 aromatic heterocycles. The normalized spacial score (nSPS) is 11.3. The summed E-state index contributed by atoms with van der Waals surface area (Å²) < 4.78 is 43.3. The van der Waals surface area contributed by atoms with Crippen molar-refractivity contribution in [3.05, 3.63) is 76.9 Å². The van der Waals surface area contributed by atoms with Crippen LogP contribution in [0.1, 0.15) is 27.3 Å². The zero-order valence-electron chi connectivity index (χ0n) is 17.7. The van der Waals surface area contributed by atoms with Gasteiger partial charge in [0.05, 0.1) is 10.5 Å². The fourth-order valence-electron chi connectivity index (χ4n) is 3.35. The minimum Gasteiger partial charge on any atom is -0.452 e. The Morgan fingerprint density at radius 3 is 2.34 bits per heavy atom. The quantitative estimate of drug-likeness (QED) is 0.549. The van der Waals surface area contributed by atoms with Gasteiger partial charge in [-0.2, -0.15) is 0 Å². The monoisotopic (exact) mass is 459 g/mol. The molecule has 0 saturated heterocycles. The molecule has 10 heteroatoms. The van der Waals surface area contributed by atoms with E-state index in [4.69, 9.17) is 9.88 Å². The number of nitrogens with one attached hydrogen (secondary N) is 1. The minimum atomic E-state index is -3.95. The maximum absolute atomic E-state index is 13.2. The molecule has 0 aliphatic carbocycles. The first-order valence-corrected chi connectivity index (χ1v) is 11.1. The average molecular weight is 459 g/mol. The minimum absolute atomic E-state index is 0.111. The molecule has 168 valence electrons. The number of nitrogens with zero attached hydrogens (tertiary/aromatic N) is 1. The molecule has 0 saturated carbocycles. The van der Waals surface area contributed by atoms with Crippen molar-refractivity contribution in [2.75, 3.05) is 11.9 Å². The number of aryl methyl sites for hydroxylation is 2. The first kappa shape index (κ1) is 23.2. The van der Waals surface area contributed by atoms with Gasteiger partial charge in [-0.1, -0.05) is 6.07 Å². The molecular formula is C22H22FN3O5S. The summed E-state index contributed by atoms with van der Waals surface area (Å²) in [5, 5.41) is 7.64. The second-order valence-corrected chi connectivity index (χ2v) is 8.78. The van der Waals surface area contributed by atoms with Crippen molar-refractivity contribution < 1.29 is 27.1 Å². The highest BCUT2D eigenvalue weighted by Gasteiger charge is 2.19. The predicted molar refractivity (Wildman–Crippen MR) is 117 cm³/mol. The van der Waals surface area contributed by atoms with Gasteiger partial charge in [-0.3, -0.25) is 4.79 Å². The van der Waals surface area contributed by atoms with Crippen LogP contribution >= 0.6 is 0 Å². The summed E-state index contributed by atoms with van der Waals surface area (Å²) in [7, 11) is -3.95. The molecule has 1 amide bonds. The molecular weight excluding hydrogens is 437 g/mol. The largest absolute Gasteiger partial charge is 0.452 e. The number of ether oxygens (including phenoxy) is 1. The molecule has 3 N–H and O–H groups in total. The van der Waals surface area contributed by atoms with Crippen molar-refractivity contribution in [1.82, 2.24) is 4.57 Å². The number of sulfonamides is 1. The summed E-state index contributed by atoms with van der Waals surface area (Å²) in [5.41, 5.74) is 2.91. The highest BCUT2D eigenvalue weighted by Crippen LogP contribution is 2.22. The van der Waals surface area contributed by atoms with E-state index >= 15 is 0 Å². The van der Waals surface area contributed by atoms with Crippen LogP contribution < -0.4 is 10.5 Å². The SMILES string of the molecule is Cc1ccc(NC(=O)COC(=O)c2cc(C)n(-c3ccc(F)cc3)c2C)cc1S(N)(=O)=O. The van der Waals surface area contributed by atoms with E-state index in [1.54, 1.807) is 43.5 Å². The van der Waals surface area contributed by atoms with Crippen LogP contribution in [0, 0.1) is 26.6 Å². The predicted octanol–water partition coefficient (Wildman–Crippen LogP) is 2.98. The molecule has 0 spiro atoms. The van der Waals surface area contributed by atoms with Crippen LogP contribution in [0.25, 0.3) is 5.69 Å². The molecule has 0 atom stereocenters. The maximum Gasteiger partial charge on any atom is 0.340 e. The van der Waals surface area contributed by atoms with Gasteiger partial charge in [-0.25, -0.2) is 22.7 Å². The summed E-state index contributed by atoms with van der Waals surface area (Å²) in [6.07, 6.45) is 0. The molecule has 0 fully saturated rings. The Morgan fingerprint density at radius 2 is 1.72 bits per heavy atom. The molecule has 0 unspecified atom stereocenters. The summed E-state index contributed by atoms with van der Waals surface area (Å²) in [4.78, 5) is 24.6. The number of esters is 1. The van der Waals surface area contributed by atoms with Crippen molar-refractivity contribution in [2.45, 2.75) is 25.7 Å². The number of aromatic nitrogens is 1. The number of amides is 1. The van der Waals surface area contributed by atoms with Crippen LogP contribution in [0.4, 0.5) is 10.1 Å². The number of rotatable bonds is 6. The molecule has 3 rings (SSSR count). The van der Waals surface area contributed by atoms with Gasteiger partial charge in [-0.05, 0) is 68.8 Å². The molecule has 1 heterocycles. The van der Waals surface area contributed by atoms with Crippen LogP contribution in [-0.2, 0) is 19.6 Å². The van der Waals surface area contributed by atoms with E-state index < -0.39 is 28.5 Å². The van der Waals surface area contributed by atoms with E-state index in [9.17, 15) is 22.4 Å². The number of anilines is 1. The number of nitrogens with two attached hydrogens (primary N) is 1. The maximum atomic E-state index is 13.2. The van der Waals surface area contributed by atoms with E-state index in [1.807, 2.05) is 0 Å². The topological polar surface area (TPSA) is 120 Å². The molecule has 8 nitrogen and oxygen atoms in total. The highest BCUT2D eigenvalue weighted by molar-refractivity contribution is 7.89. The molecule has 0 aliphatic heterocycles. The van der Waals surface area contributed by atoms with Gasteiger partial charge >= 0.3 is 5.97 Å². The van der Waals surface area contributed by atoms with E-state index in [-0.39, 0.29) is 22.0 Å². The van der Waals surface area contributed by atoms with E-state index in [2.05, 4.69) is 5.32 Å². The molecule has 0 aliphatic rings. The Bertz CT molecular complexity index is 1300. The smallest absolute Gasteiger partial charge is 0.340 e. The van der Waals surface area contributed by atoms with Crippen molar-refractivity contribution in [3.63, 3.8) is 0 Å². The summed E-state index contributed by atoms with van der Waals surface area (Å²) >= 11 is 0. The Kier molecular flexibility index (Phi) is 6.47. The van der Waals surface area contributed by atoms with E-state index in [1.165, 1.54) is 30.3 Å². The lowest BCUT2D eigenvalue weighted by Gasteiger charge is -2.10. The van der Waals surface area contributed by atoms with Gasteiger partial charge in [0.15, 0.2) is 6.61 Å². The lowest BCUT2D eigenvalue weighted by molar-refractivity contribution is -0.119. The van der Waals surface area contributed by atoms with Crippen molar-refractivity contribution in [2.24, 2.45) is 5.14 Å². The van der Waals surface area contributed by atoms with Crippen molar-refractivity contribution >= 4 is 27.6 Å². The molecule has 0 bridgehead atoms. The third kappa shape index (κ3) is 5.04. The zero-order chi connectivity index (χ0) is 23.6. The molecule has 32 heavy (non-hydrogen) atoms. The fourth-order valence-corrected chi connectivity index (χ4v) is 4.16. The van der Waals surface area contributed by atoms with Crippen LogP contribution in [-0.4, -0.2) is 31.5 Å². The van der Waals surface area contributed by atoms with Crippen LogP contribution in [0.3, 0.4) is 0 Å². The number of carbonyl (C=O) groups is 2. The Labute approximate surface area is 184 Å². The Morgan fingerprint density at radius 1 is 1.06 bits per heavy atom.